The summed E-state index contributed by atoms with van der Waals surface area (Å²) in [7, 11) is 1.50. The maximum atomic E-state index is 12.7. The van der Waals surface area contributed by atoms with Gasteiger partial charge in [0.15, 0.2) is 11.3 Å². The number of fused-ring (bicyclic) bond motifs is 2. The highest BCUT2D eigenvalue weighted by Crippen LogP contribution is 2.25. The summed E-state index contributed by atoms with van der Waals surface area (Å²) in [6, 6.07) is 6.79. The summed E-state index contributed by atoms with van der Waals surface area (Å²) in [5.74, 6) is 0.0796. The molecule has 8 nitrogen and oxygen atoms in total. The van der Waals surface area contributed by atoms with Crippen LogP contribution in [0.1, 0.15) is 21.7 Å². The smallest absolute Gasteiger partial charge is 0.349 e. The number of ether oxygens (including phenoxy) is 1. The molecule has 2 aromatic heterocycles. The van der Waals surface area contributed by atoms with E-state index in [1.165, 1.54) is 7.11 Å². The van der Waals surface area contributed by atoms with E-state index in [1.54, 1.807) is 29.2 Å². The van der Waals surface area contributed by atoms with Crippen LogP contribution >= 0.6 is 0 Å². The van der Waals surface area contributed by atoms with Gasteiger partial charge in [-0.1, -0.05) is 12.1 Å². The topological polar surface area (TPSA) is 101 Å². The van der Waals surface area contributed by atoms with Gasteiger partial charge >= 0.3 is 5.63 Å². The second-order valence-electron chi connectivity index (χ2n) is 5.52. The van der Waals surface area contributed by atoms with Crippen molar-refractivity contribution in [2.45, 2.75) is 13.0 Å². The number of aromatic nitrogens is 3. The molecule has 0 unspecified atom stereocenters. The van der Waals surface area contributed by atoms with Crippen molar-refractivity contribution in [2.24, 2.45) is 0 Å². The molecule has 0 saturated heterocycles. The van der Waals surface area contributed by atoms with Crippen LogP contribution in [0.3, 0.4) is 0 Å². The van der Waals surface area contributed by atoms with Crippen LogP contribution in [0, 0.1) is 0 Å². The Balaban J connectivity index is 1.73. The number of carbonyl (C=O) groups is 1. The van der Waals surface area contributed by atoms with Crippen LogP contribution in [0.15, 0.2) is 33.5 Å². The zero-order valence-corrected chi connectivity index (χ0v) is 12.9. The van der Waals surface area contributed by atoms with Crippen LogP contribution < -0.4 is 10.4 Å². The Morgan fingerprint density at radius 2 is 2.17 bits per heavy atom. The lowest BCUT2D eigenvalue weighted by molar-refractivity contribution is 0.0727. The van der Waals surface area contributed by atoms with Gasteiger partial charge in [0, 0.05) is 18.4 Å². The Morgan fingerprint density at radius 3 is 3.00 bits per heavy atom. The fraction of sp³-hybridized carbons (Fsp3) is 0.250. The second-order valence-corrected chi connectivity index (χ2v) is 5.52. The normalized spacial score (nSPS) is 13.8. The van der Waals surface area contributed by atoms with E-state index >= 15 is 0 Å². The molecule has 4 rings (SSSR count). The highest BCUT2D eigenvalue weighted by atomic mass is 16.5. The third kappa shape index (κ3) is 2.23. The Morgan fingerprint density at radius 1 is 1.33 bits per heavy atom. The minimum atomic E-state index is -0.678. The molecule has 0 radical (unpaired) electrons. The number of methoxy groups -OCH3 is 1. The molecule has 0 spiro atoms. The van der Waals surface area contributed by atoms with Gasteiger partial charge in [0.2, 0.25) is 0 Å². The van der Waals surface area contributed by atoms with Crippen molar-refractivity contribution in [3.8, 4) is 5.75 Å². The first kappa shape index (κ1) is 14.4. The zero-order chi connectivity index (χ0) is 16.7. The molecule has 1 aromatic carbocycles. The molecule has 24 heavy (non-hydrogen) atoms. The predicted octanol–water partition coefficient (Wildman–Crippen LogP) is 1.12. The van der Waals surface area contributed by atoms with E-state index in [1.807, 2.05) is 0 Å². The summed E-state index contributed by atoms with van der Waals surface area (Å²) < 4.78 is 10.5. The predicted molar refractivity (Wildman–Crippen MR) is 83.9 cm³/mol. The Bertz CT molecular complexity index is 991. The highest BCUT2D eigenvalue weighted by molar-refractivity contribution is 5.97. The first-order valence-corrected chi connectivity index (χ1v) is 7.46. The number of nitrogens with one attached hydrogen (secondary N) is 1. The second kappa shape index (κ2) is 5.48. The van der Waals surface area contributed by atoms with E-state index in [0.717, 1.165) is 11.4 Å². The largest absolute Gasteiger partial charge is 0.493 e. The molecular formula is C16H14N4O4. The van der Waals surface area contributed by atoms with Gasteiger partial charge in [-0.05, 0) is 12.1 Å². The lowest BCUT2D eigenvalue weighted by Crippen LogP contribution is -2.38. The molecule has 1 aliphatic rings. The summed E-state index contributed by atoms with van der Waals surface area (Å²) >= 11 is 0. The average molecular weight is 326 g/mol. The van der Waals surface area contributed by atoms with Gasteiger partial charge < -0.3 is 14.1 Å². The first-order valence-electron chi connectivity index (χ1n) is 7.46. The van der Waals surface area contributed by atoms with Crippen molar-refractivity contribution < 1.29 is 13.9 Å². The fourth-order valence-corrected chi connectivity index (χ4v) is 2.87. The summed E-state index contributed by atoms with van der Waals surface area (Å²) in [4.78, 5) is 26.6. The average Bonchev–Trinajstić information content (AvgIpc) is 3.07. The lowest BCUT2D eigenvalue weighted by Gasteiger charge is -2.25. The zero-order valence-electron chi connectivity index (χ0n) is 12.9. The molecule has 0 atom stereocenters. The minimum Gasteiger partial charge on any atom is -0.493 e. The standard InChI is InChI=1S/C16H14N4O4/c1-23-13-4-2-3-9-7-10(16(22)24-14(9)13)15(21)20-6-5-11-12(8-20)18-19-17-11/h2-4,7H,5-6,8H2,1H3,(H,17,18,19). The number of carbonyl (C=O) groups excluding carboxylic acids is 1. The van der Waals surface area contributed by atoms with Crippen molar-refractivity contribution in [1.82, 2.24) is 20.3 Å². The molecule has 122 valence electrons. The van der Waals surface area contributed by atoms with Gasteiger partial charge in [-0.15, -0.1) is 0 Å². The van der Waals surface area contributed by atoms with E-state index < -0.39 is 5.63 Å². The fourth-order valence-electron chi connectivity index (χ4n) is 2.87. The number of amides is 1. The molecule has 0 fully saturated rings. The van der Waals surface area contributed by atoms with Crippen molar-refractivity contribution in [1.29, 1.82) is 0 Å². The van der Waals surface area contributed by atoms with E-state index in [-0.39, 0.29) is 11.5 Å². The van der Waals surface area contributed by atoms with Crippen molar-refractivity contribution in [3.63, 3.8) is 0 Å². The Kier molecular flexibility index (Phi) is 3.30. The van der Waals surface area contributed by atoms with Crippen LogP contribution in [0.2, 0.25) is 0 Å². The molecule has 0 aliphatic carbocycles. The van der Waals surface area contributed by atoms with Gasteiger partial charge in [0.1, 0.15) is 11.3 Å². The number of hydrogen-bond acceptors (Lipinski definition) is 6. The van der Waals surface area contributed by atoms with Crippen molar-refractivity contribution >= 4 is 16.9 Å². The quantitative estimate of drug-likeness (QED) is 0.708. The molecule has 3 aromatic rings. The number of aromatic amines is 1. The molecule has 3 heterocycles. The Hall–Kier alpha value is -3.16. The third-order valence-electron chi connectivity index (χ3n) is 4.12. The molecule has 8 heteroatoms. The van der Waals surface area contributed by atoms with E-state index in [4.69, 9.17) is 9.15 Å². The minimum absolute atomic E-state index is 0.00250. The monoisotopic (exact) mass is 326 g/mol. The van der Waals surface area contributed by atoms with Crippen LogP contribution in [0.5, 0.6) is 5.75 Å². The molecule has 1 aliphatic heterocycles. The van der Waals surface area contributed by atoms with Crippen LogP contribution in [-0.4, -0.2) is 39.9 Å². The van der Waals surface area contributed by atoms with Gasteiger partial charge in [0.25, 0.3) is 5.91 Å². The van der Waals surface area contributed by atoms with Crippen molar-refractivity contribution in [3.05, 3.63) is 51.6 Å². The maximum absolute atomic E-state index is 12.7. The van der Waals surface area contributed by atoms with E-state index in [0.29, 0.717) is 36.2 Å². The number of rotatable bonds is 2. The molecule has 0 bridgehead atoms. The molecule has 0 saturated carbocycles. The summed E-state index contributed by atoms with van der Waals surface area (Å²) in [6.45, 7) is 0.800. The summed E-state index contributed by atoms with van der Waals surface area (Å²) in [5.41, 5.74) is 1.24. The third-order valence-corrected chi connectivity index (χ3v) is 4.12. The molecular weight excluding hydrogens is 312 g/mol. The number of nitrogens with zero attached hydrogens (tertiary/aromatic N) is 3. The first-order chi connectivity index (χ1) is 11.7. The summed E-state index contributed by atoms with van der Waals surface area (Å²) in [6.07, 6.45) is 0.601. The van der Waals surface area contributed by atoms with Gasteiger partial charge in [-0.2, -0.15) is 15.4 Å². The SMILES string of the molecule is COc1cccc2cc(C(=O)N3CCc4n[nH]nc4C3)c(=O)oc12. The van der Waals surface area contributed by atoms with Gasteiger partial charge in [-0.25, -0.2) is 4.79 Å². The van der Waals surface area contributed by atoms with Crippen LogP contribution in [0.4, 0.5) is 0 Å². The molecule has 1 amide bonds. The summed E-state index contributed by atoms with van der Waals surface area (Å²) in [5, 5.41) is 11.3. The number of hydrogen-bond donors (Lipinski definition) is 1. The van der Waals surface area contributed by atoms with Crippen LogP contribution in [-0.2, 0) is 13.0 Å². The van der Waals surface area contributed by atoms with Gasteiger partial charge in [-0.3, -0.25) is 4.79 Å². The lowest BCUT2D eigenvalue weighted by atomic mass is 10.1. The highest BCUT2D eigenvalue weighted by Gasteiger charge is 2.27. The number of para-hydroxylation sites is 1. The van der Waals surface area contributed by atoms with Gasteiger partial charge in [0.05, 0.1) is 19.3 Å². The van der Waals surface area contributed by atoms with E-state index in [9.17, 15) is 9.59 Å². The molecule has 1 N–H and O–H groups in total. The number of H-pyrrole nitrogens is 1. The maximum Gasteiger partial charge on any atom is 0.349 e. The van der Waals surface area contributed by atoms with E-state index in [2.05, 4.69) is 15.4 Å². The number of benzene rings is 1. The van der Waals surface area contributed by atoms with Crippen molar-refractivity contribution in [2.75, 3.05) is 13.7 Å². The Labute approximate surface area is 136 Å². The van der Waals surface area contributed by atoms with Crippen LogP contribution in [0.25, 0.3) is 11.0 Å².